The van der Waals surface area contributed by atoms with Crippen molar-refractivity contribution >= 4 is 22.4 Å². The number of aromatic nitrogens is 2. The van der Waals surface area contributed by atoms with E-state index in [-0.39, 0.29) is 6.04 Å². The first-order chi connectivity index (χ1) is 9.86. The van der Waals surface area contributed by atoms with Crippen LogP contribution in [0.15, 0.2) is 48.1 Å². The highest BCUT2D eigenvalue weighted by Gasteiger charge is 2.10. The van der Waals surface area contributed by atoms with E-state index < -0.39 is 0 Å². The zero-order chi connectivity index (χ0) is 13.8. The first-order valence-electron chi connectivity index (χ1n) is 6.75. The average Bonchev–Trinajstić information content (AvgIpc) is 3.13. The van der Waals surface area contributed by atoms with Gasteiger partial charge >= 0.3 is 0 Å². The standard InChI is InChI=1S/C15H18N4S/c16-18-12(7-8-13-4-3-9-20-13)10-19-11-17-14-5-1-2-6-15(14)19/h1-6,9,11-12,18H,7-8,10,16H2. The number of benzene rings is 1. The summed E-state index contributed by atoms with van der Waals surface area (Å²) in [6.45, 7) is 0.836. The monoisotopic (exact) mass is 286 g/mol. The van der Waals surface area contributed by atoms with Gasteiger partial charge in [0.2, 0.25) is 0 Å². The third-order valence-electron chi connectivity index (χ3n) is 3.50. The van der Waals surface area contributed by atoms with Crippen molar-refractivity contribution in [2.45, 2.75) is 25.4 Å². The number of rotatable bonds is 6. The van der Waals surface area contributed by atoms with Crippen molar-refractivity contribution in [3.05, 3.63) is 53.0 Å². The topological polar surface area (TPSA) is 55.9 Å². The molecular weight excluding hydrogens is 268 g/mol. The lowest BCUT2D eigenvalue weighted by molar-refractivity contribution is 0.438. The van der Waals surface area contributed by atoms with Crippen LogP contribution in [0.5, 0.6) is 0 Å². The lowest BCUT2D eigenvalue weighted by atomic mass is 10.1. The first-order valence-corrected chi connectivity index (χ1v) is 7.63. The summed E-state index contributed by atoms with van der Waals surface area (Å²) in [4.78, 5) is 5.82. The SMILES string of the molecule is NNC(CCc1cccs1)Cn1cnc2ccccc21. The third kappa shape index (κ3) is 2.90. The van der Waals surface area contributed by atoms with Gasteiger partial charge in [-0.05, 0) is 36.4 Å². The van der Waals surface area contributed by atoms with Crippen LogP contribution in [0.25, 0.3) is 11.0 Å². The van der Waals surface area contributed by atoms with E-state index in [1.807, 2.05) is 24.5 Å². The molecule has 0 aliphatic rings. The molecule has 5 heteroatoms. The number of imidazole rings is 1. The van der Waals surface area contributed by atoms with E-state index in [1.165, 1.54) is 4.88 Å². The van der Waals surface area contributed by atoms with E-state index in [9.17, 15) is 0 Å². The van der Waals surface area contributed by atoms with Crippen LogP contribution in [0.2, 0.25) is 0 Å². The van der Waals surface area contributed by atoms with Crippen molar-refractivity contribution < 1.29 is 0 Å². The van der Waals surface area contributed by atoms with Crippen LogP contribution in [0.4, 0.5) is 0 Å². The second-order valence-electron chi connectivity index (χ2n) is 4.87. The molecule has 0 bridgehead atoms. The molecule has 2 aromatic heterocycles. The van der Waals surface area contributed by atoms with E-state index in [4.69, 9.17) is 5.84 Å². The third-order valence-corrected chi connectivity index (χ3v) is 4.44. The zero-order valence-electron chi connectivity index (χ0n) is 11.2. The van der Waals surface area contributed by atoms with E-state index >= 15 is 0 Å². The second-order valence-corrected chi connectivity index (χ2v) is 5.90. The zero-order valence-corrected chi connectivity index (χ0v) is 12.0. The van der Waals surface area contributed by atoms with E-state index in [0.717, 1.165) is 30.4 Å². The van der Waals surface area contributed by atoms with Gasteiger partial charge in [0, 0.05) is 17.5 Å². The van der Waals surface area contributed by atoms with E-state index in [0.29, 0.717) is 0 Å². The maximum Gasteiger partial charge on any atom is 0.0958 e. The summed E-state index contributed by atoms with van der Waals surface area (Å²) in [5.74, 6) is 5.69. The maximum absolute atomic E-state index is 5.69. The quantitative estimate of drug-likeness (QED) is 0.541. The molecule has 2 heterocycles. The summed E-state index contributed by atoms with van der Waals surface area (Å²) in [6.07, 6.45) is 3.96. The van der Waals surface area contributed by atoms with Gasteiger partial charge in [-0.1, -0.05) is 18.2 Å². The summed E-state index contributed by atoms with van der Waals surface area (Å²) in [7, 11) is 0. The summed E-state index contributed by atoms with van der Waals surface area (Å²) in [6, 6.07) is 12.7. The molecule has 0 spiro atoms. The Bertz CT molecular complexity index is 659. The van der Waals surface area contributed by atoms with Gasteiger partial charge in [0.25, 0.3) is 0 Å². The molecule has 0 saturated heterocycles. The summed E-state index contributed by atoms with van der Waals surface area (Å²) >= 11 is 1.80. The highest BCUT2D eigenvalue weighted by atomic mass is 32.1. The lowest BCUT2D eigenvalue weighted by Gasteiger charge is -2.16. The van der Waals surface area contributed by atoms with Gasteiger partial charge in [-0.25, -0.2) is 4.98 Å². The number of para-hydroxylation sites is 2. The molecule has 1 atom stereocenters. The van der Waals surface area contributed by atoms with Crippen molar-refractivity contribution in [3.63, 3.8) is 0 Å². The van der Waals surface area contributed by atoms with E-state index in [2.05, 4.69) is 38.6 Å². The van der Waals surface area contributed by atoms with Crippen molar-refractivity contribution in [2.24, 2.45) is 5.84 Å². The molecule has 0 aliphatic carbocycles. The van der Waals surface area contributed by atoms with Crippen LogP contribution in [-0.4, -0.2) is 15.6 Å². The molecule has 4 nitrogen and oxygen atoms in total. The second kappa shape index (κ2) is 6.17. The highest BCUT2D eigenvalue weighted by molar-refractivity contribution is 7.09. The van der Waals surface area contributed by atoms with Crippen LogP contribution in [-0.2, 0) is 13.0 Å². The highest BCUT2D eigenvalue weighted by Crippen LogP contribution is 2.15. The number of nitrogens with two attached hydrogens (primary N) is 1. The number of fused-ring (bicyclic) bond motifs is 1. The van der Waals surface area contributed by atoms with Gasteiger partial charge in [-0.2, -0.15) is 0 Å². The minimum absolute atomic E-state index is 0.245. The summed E-state index contributed by atoms with van der Waals surface area (Å²) in [5.41, 5.74) is 5.11. The molecular formula is C15H18N4S. The van der Waals surface area contributed by atoms with Crippen molar-refractivity contribution in [3.8, 4) is 0 Å². The number of nitrogens with zero attached hydrogens (tertiary/aromatic N) is 2. The molecule has 1 aromatic carbocycles. The Morgan fingerprint density at radius 3 is 2.95 bits per heavy atom. The Morgan fingerprint density at radius 2 is 2.15 bits per heavy atom. The molecule has 0 saturated carbocycles. The molecule has 0 aliphatic heterocycles. The molecule has 3 N–H and O–H groups in total. The molecule has 3 rings (SSSR count). The fraction of sp³-hybridized carbons (Fsp3) is 0.267. The molecule has 0 fully saturated rings. The Labute approximate surface area is 122 Å². The number of thiophene rings is 1. The van der Waals surface area contributed by atoms with Crippen molar-refractivity contribution in [2.75, 3.05) is 0 Å². The van der Waals surface area contributed by atoms with Gasteiger partial charge in [-0.15, -0.1) is 11.3 Å². The van der Waals surface area contributed by atoms with Gasteiger partial charge in [0.05, 0.1) is 17.4 Å². The Morgan fingerprint density at radius 1 is 1.25 bits per heavy atom. The molecule has 0 radical (unpaired) electrons. The molecule has 104 valence electrons. The number of aryl methyl sites for hydroxylation is 1. The Hall–Kier alpha value is -1.69. The number of hydrogen-bond donors (Lipinski definition) is 2. The number of nitrogens with one attached hydrogen (secondary N) is 1. The molecule has 20 heavy (non-hydrogen) atoms. The Balaban J connectivity index is 1.68. The molecule has 3 aromatic rings. The van der Waals surface area contributed by atoms with Gasteiger partial charge in [-0.3, -0.25) is 11.3 Å². The lowest BCUT2D eigenvalue weighted by Crippen LogP contribution is -2.38. The van der Waals surface area contributed by atoms with Gasteiger partial charge in [0.15, 0.2) is 0 Å². The van der Waals surface area contributed by atoms with Gasteiger partial charge in [0.1, 0.15) is 0 Å². The molecule has 1 unspecified atom stereocenters. The van der Waals surface area contributed by atoms with Crippen molar-refractivity contribution in [1.29, 1.82) is 0 Å². The summed E-state index contributed by atoms with van der Waals surface area (Å²) in [5, 5.41) is 2.11. The predicted octanol–water partition coefficient (Wildman–Crippen LogP) is 2.56. The average molecular weight is 286 g/mol. The largest absolute Gasteiger partial charge is 0.329 e. The molecule has 0 amide bonds. The Kier molecular flexibility index (Phi) is 4.11. The van der Waals surface area contributed by atoms with Crippen LogP contribution in [0.1, 0.15) is 11.3 Å². The smallest absolute Gasteiger partial charge is 0.0958 e. The van der Waals surface area contributed by atoms with Crippen LogP contribution < -0.4 is 11.3 Å². The number of hydrazine groups is 1. The van der Waals surface area contributed by atoms with Crippen LogP contribution >= 0.6 is 11.3 Å². The normalized spacial score (nSPS) is 12.8. The summed E-state index contributed by atoms with van der Waals surface area (Å²) < 4.78 is 2.16. The first kappa shape index (κ1) is 13.3. The fourth-order valence-corrected chi connectivity index (χ4v) is 3.12. The number of hydrogen-bond acceptors (Lipinski definition) is 4. The minimum Gasteiger partial charge on any atom is -0.329 e. The van der Waals surface area contributed by atoms with Crippen molar-refractivity contribution in [1.82, 2.24) is 15.0 Å². The van der Waals surface area contributed by atoms with Crippen LogP contribution in [0.3, 0.4) is 0 Å². The van der Waals surface area contributed by atoms with E-state index in [1.54, 1.807) is 11.3 Å². The van der Waals surface area contributed by atoms with Gasteiger partial charge < -0.3 is 4.57 Å². The predicted molar refractivity (Wildman–Crippen MR) is 83.5 cm³/mol. The maximum atomic E-state index is 5.69. The minimum atomic E-state index is 0.245. The van der Waals surface area contributed by atoms with Crippen LogP contribution in [0, 0.1) is 0 Å². The fourth-order valence-electron chi connectivity index (χ4n) is 2.39.